The summed E-state index contributed by atoms with van der Waals surface area (Å²) in [7, 11) is 0. The maximum atomic E-state index is 11.5. The Morgan fingerprint density at radius 2 is 0.547 bits per heavy atom. The van der Waals surface area contributed by atoms with Crippen molar-refractivity contribution in [2.45, 2.75) is 244 Å². The van der Waals surface area contributed by atoms with Gasteiger partial charge < -0.3 is 154 Å². The molecule has 0 aromatic rings. The molecule has 0 saturated carbocycles. The molecule has 6 aliphatic rings. The quantitative estimate of drug-likeness (QED) is 0.0724. The summed E-state index contributed by atoms with van der Waals surface area (Å²) < 4.78 is 67.2. The van der Waals surface area contributed by atoms with Crippen LogP contribution in [0.25, 0.3) is 0 Å². The minimum absolute atomic E-state index is 0.449. The minimum atomic E-state index is -2.13. The predicted molar refractivity (Wildman–Crippen MR) is 238 cm³/mol. The van der Waals surface area contributed by atoms with Crippen molar-refractivity contribution in [2.75, 3.05) is 33.0 Å². The highest BCUT2D eigenvalue weighted by molar-refractivity contribution is 4.99. The molecule has 19 N–H and O–H groups in total. The molecule has 31 nitrogen and oxygen atoms in total. The maximum absolute atomic E-state index is 11.5. The summed E-state index contributed by atoms with van der Waals surface area (Å²) in [5, 5.41) is 197. The summed E-state index contributed by atoms with van der Waals surface area (Å²) >= 11 is 0. The lowest BCUT2D eigenvalue weighted by atomic mass is 9.95. The highest BCUT2D eigenvalue weighted by atomic mass is 16.8. The molecule has 0 bridgehead atoms. The Hall–Kier alpha value is -1.24. The number of aliphatic hydroxyl groups excluding tert-OH is 19. The monoisotopic (exact) mass is 1100 g/mol. The molecule has 6 fully saturated rings. The van der Waals surface area contributed by atoms with Crippen LogP contribution in [0.1, 0.15) is 48.5 Å². The van der Waals surface area contributed by atoms with Crippen LogP contribution in [-0.4, -0.2) is 325 Å². The molecule has 442 valence electrons. The first-order valence-electron chi connectivity index (χ1n) is 24.4. The van der Waals surface area contributed by atoms with Crippen LogP contribution in [0.2, 0.25) is 0 Å². The highest BCUT2D eigenvalue weighted by Gasteiger charge is 2.57. The molecule has 0 aromatic heterocycles. The number of aliphatic hydroxyl groups is 19. The SMILES string of the molecule is CC(C)(C)O[C@@H]1OC(CO)[C@@H](O)[C@H](O)C1O.CC1O[C@@H](O[C@@H]2C(O)[C@H](OC(C)(C)C)OC(CO)[C@H]2O)C(O)[C@@H](O[C@@H]2OC(CO)[C@@H](O)[C@H](O[C@@H]3OC(CO)[C@@H](O)[C@H](O)C3O[C@H]3OC(CO)[C@@H](O)[C@H](O)C3O)C2O)[C@H]1O. The van der Waals surface area contributed by atoms with Gasteiger partial charge in [0.05, 0.1) is 50.3 Å². The third kappa shape index (κ3) is 15.2. The van der Waals surface area contributed by atoms with Crippen molar-refractivity contribution >= 4 is 0 Å². The van der Waals surface area contributed by atoms with Gasteiger partial charge in [0.25, 0.3) is 0 Å². The molecule has 12 unspecified atom stereocenters. The number of hydrogen-bond acceptors (Lipinski definition) is 31. The summed E-state index contributed by atoms with van der Waals surface area (Å²) in [5.41, 5.74) is -1.43. The average Bonchev–Trinajstić information content (AvgIpc) is 3.35. The van der Waals surface area contributed by atoms with E-state index >= 15 is 0 Å². The molecule has 6 rings (SSSR count). The van der Waals surface area contributed by atoms with Crippen molar-refractivity contribution in [1.29, 1.82) is 0 Å². The number of rotatable bonds is 15. The molecule has 0 aliphatic carbocycles. The third-order valence-corrected chi connectivity index (χ3v) is 13.1. The summed E-state index contributed by atoms with van der Waals surface area (Å²) in [6, 6.07) is 0. The molecular formula is C44H80O31. The van der Waals surface area contributed by atoms with Crippen LogP contribution in [0.15, 0.2) is 0 Å². The fraction of sp³-hybridized carbons (Fsp3) is 1.00. The summed E-state index contributed by atoms with van der Waals surface area (Å²) in [6.45, 7) is 7.75. The smallest absolute Gasteiger partial charge is 0.187 e. The first kappa shape index (κ1) is 64.6. The first-order chi connectivity index (χ1) is 34.9. The Labute approximate surface area is 430 Å². The van der Waals surface area contributed by atoms with Crippen LogP contribution in [0.3, 0.4) is 0 Å². The van der Waals surface area contributed by atoms with Gasteiger partial charge in [0.1, 0.15) is 140 Å². The molecule has 31 heteroatoms. The van der Waals surface area contributed by atoms with Crippen molar-refractivity contribution in [2.24, 2.45) is 0 Å². The highest BCUT2D eigenvalue weighted by Crippen LogP contribution is 2.37. The second-order valence-electron chi connectivity index (χ2n) is 21.1. The van der Waals surface area contributed by atoms with E-state index in [-0.39, 0.29) is 0 Å². The zero-order chi connectivity index (χ0) is 56.3. The van der Waals surface area contributed by atoms with Gasteiger partial charge in [0.2, 0.25) is 0 Å². The lowest BCUT2D eigenvalue weighted by molar-refractivity contribution is -0.399. The van der Waals surface area contributed by atoms with Gasteiger partial charge in [0.15, 0.2) is 37.7 Å². The van der Waals surface area contributed by atoms with E-state index in [9.17, 15) is 91.9 Å². The van der Waals surface area contributed by atoms with E-state index in [1.807, 2.05) is 0 Å². The molecule has 0 radical (unpaired) electrons. The van der Waals surface area contributed by atoms with E-state index < -0.39 is 228 Å². The molecular weight excluding hydrogens is 1020 g/mol. The van der Waals surface area contributed by atoms with Gasteiger partial charge in [-0.3, -0.25) is 0 Å². The molecule has 75 heavy (non-hydrogen) atoms. The Bertz CT molecular complexity index is 1690. The molecule has 0 amide bonds. The number of hydrogen-bond donors (Lipinski definition) is 19. The molecule has 6 heterocycles. The van der Waals surface area contributed by atoms with E-state index in [2.05, 4.69) is 0 Å². The lowest BCUT2D eigenvalue weighted by Crippen LogP contribution is -2.68. The van der Waals surface area contributed by atoms with Crippen molar-refractivity contribution in [1.82, 2.24) is 0 Å². The average molecular weight is 1110 g/mol. The Balaban J connectivity index is 0.000000554. The molecule has 0 spiro atoms. The Kier molecular flexibility index (Phi) is 23.3. The van der Waals surface area contributed by atoms with Gasteiger partial charge >= 0.3 is 0 Å². The van der Waals surface area contributed by atoms with Crippen molar-refractivity contribution in [3.05, 3.63) is 0 Å². The molecule has 6 aliphatic heterocycles. The van der Waals surface area contributed by atoms with Gasteiger partial charge in [-0.05, 0) is 48.5 Å². The van der Waals surface area contributed by atoms with Gasteiger partial charge in [-0.2, -0.15) is 0 Å². The van der Waals surface area contributed by atoms with Crippen LogP contribution in [0, 0.1) is 0 Å². The molecule has 30 atom stereocenters. The van der Waals surface area contributed by atoms with Gasteiger partial charge in [-0.25, -0.2) is 0 Å². The van der Waals surface area contributed by atoms with Gasteiger partial charge in [-0.1, -0.05) is 0 Å². The van der Waals surface area contributed by atoms with Crippen molar-refractivity contribution in [3.8, 4) is 0 Å². The lowest BCUT2D eigenvalue weighted by Gasteiger charge is -2.50. The number of ether oxygens (including phenoxy) is 12. The largest absolute Gasteiger partial charge is 0.394 e. The van der Waals surface area contributed by atoms with E-state index in [0.29, 0.717) is 0 Å². The summed E-state index contributed by atoms with van der Waals surface area (Å²) in [4.78, 5) is 0. The fourth-order valence-electron chi connectivity index (χ4n) is 8.88. The van der Waals surface area contributed by atoms with Crippen LogP contribution in [0.5, 0.6) is 0 Å². The van der Waals surface area contributed by atoms with Gasteiger partial charge in [0, 0.05) is 0 Å². The van der Waals surface area contributed by atoms with E-state index in [1.165, 1.54) is 6.92 Å². The van der Waals surface area contributed by atoms with E-state index in [1.54, 1.807) is 41.5 Å². The predicted octanol–water partition coefficient (Wildman–Crippen LogP) is -10.5. The standard InChI is InChI=1S/C34H60O25.C10H20O6/c1-9-14(39)25(22(47)30(50-9)56-27-18(43)13(8-38)53-32(24(27)49)59-34(2,3)4)55-31-23(48)26(17(42)12(7-37)52-31)57-33-28(20(45)16(41)11(6-36)54-33)58-29-21(46)19(44)15(40)10(5-35)51-29;1-10(2,3)16-9-8(14)7(13)6(12)5(4-11)15-9/h9-33,35-49H,5-8H2,1-4H3;5-9,11-14H,4H2,1-3H3/t9?,10?,11?,12?,13?,14-,15+,16+,17+,18+,19-,20-,21?,22?,23?,24?,25-,26-,27-,28?,29+,30-,31-,32-,33-;5?,6-,7+,8?,9+/m01/s1. The first-order valence-corrected chi connectivity index (χ1v) is 24.4. The van der Waals surface area contributed by atoms with Crippen LogP contribution < -0.4 is 0 Å². The third-order valence-electron chi connectivity index (χ3n) is 13.1. The van der Waals surface area contributed by atoms with Crippen molar-refractivity contribution in [3.63, 3.8) is 0 Å². The molecule has 6 saturated heterocycles. The fourth-order valence-corrected chi connectivity index (χ4v) is 8.88. The van der Waals surface area contributed by atoms with Crippen LogP contribution in [-0.2, 0) is 56.8 Å². The Morgan fingerprint density at radius 1 is 0.280 bits per heavy atom. The normalized spacial score (nSPS) is 49.2. The summed E-state index contributed by atoms with van der Waals surface area (Å²) in [5.74, 6) is 0. The maximum Gasteiger partial charge on any atom is 0.187 e. The van der Waals surface area contributed by atoms with Crippen LogP contribution >= 0.6 is 0 Å². The van der Waals surface area contributed by atoms with Gasteiger partial charge in [-0.15, -0.1) is 0 Å². The zero-order valence-corrected chi connectivity index (χ0v) is 42.3. The molecule has 0 aromatic carbocycles. The second kappa shape index (κ2) is 27.0. The van der Waals surface area contributed by atoms with Crippen molar-refractivity contribution < 1.29 is 154 Å². The Morgan fingerprint density at radius 3 is 0.947 bits per heavy atom. The van der Waals surface area contributed by atoms with E-state index in [4.69, 9.17) is 61.9 Å². The van der Waals surface area contributed by atoms with Crippen LogP contribution in [0.4, 0.5) is 0 Å². The van der Waals surface area contributed by atoms with E-state index in [0.717, 1.165) is 0 Å². The summed E-state index contributed by atoms with van der Waals surface area (Å²) in [6.07, 6.45) is -50.5. The zero-order valence-electron chi connectivity index (χ0n) is 42.3. The topological polar surface area (TPSA) is 495 Å². The second-order valence-corrected chi connectivity index (χ2v) is 21.1. The minimum Gasteiger partial charge on any atom is -0.394 e.